The van der Waals surface area contributed by atoms with Crippen LogP contribution in [0.3, 0.4) is 0 Å². The van der Waals surface area contributed by atoms with Gasteiger partial charge in [-0.2, -0.15) is 0 Å². The average molecular weight is 324 g/mol. The molecule has 0 atom stereocenters. The van der Waals surface area contributed by atoms with Crippen LogP contribution in [-0.2, 0) is 6.54 Å². The van der Waals surface area contributed by atoms with Crippen molar-refractivity contribution in [3.8, 4) is 0 Å². The van der Waals surface area contributed by atoms with Crippen molar-refractivity contribution in [2.45, 2.75) is 25.8 Å². The van der Waals surface area contributed by atoms with Gasteiger partial charge in [0.25, 0.3) is 0 Å². The Kier molecular flexibility index (Phi) is 5.25. The minimum Gasteiger partial charge on any atom is -0.356 e. The Hall–Kier alpha value is -1.03. The Balaban J connectivity index is 1.85. The van der Waals surface area contributed by atoms with Gasteiger partial charge in [0, 0.05) is 31.7 Å². The largest absolute Gasteiger partial charge is 0.356 e. The van der Waals surface area contributed by atoms with Crippen molar-refractivity contribution in [2.75, 3.05) is 20.6 Å². The molecule has 1 aromatic carbocycles. The minimum absolute atomic E-state index is 0.852. The van der Waals surface area contributed by atoms with Gasteiger partial charge in [0.1, 0.15) is 0 Å². The van der Waals surface area contributed by atoms with E-state index in [2.05, 4.69) is 56.4 Å². The van der Waals surface area contributed by atoms with Crippen molar-refractivity contribution >= 4 is 21.9 Å². The van der Waals surface area contributed by atoms with Crippen molar-refractivity contribution in [3.05, 3.63) is 34.3 Å². The molecule has 1 aliphatic carbocycles. The number of hydrogen-bond donors (Lipinski definition) is 1. The van der Waals surface area contributed by atoms with Gasteiger partial charge in [-0.3, -0.25) is 4.99 Å². The van der Waals surface area contributed by atoms with Gasteiger partial charge in [-0.15, -0.1) is 0 Å². The molecule has 0 aromatic heterocycles. The smallest absolute Gasteiger partial charge is 0.193 e. The zero-order valence-corrected chi connectivity index (χ0v) is 13.3. The first-order valence-corrected chi connectivity index (χ1v) is 7.65. The summed E-state index contributed by atoms with van der Waals surface area (Å²) in [6.45, 7) is 1.88. The lowest BCUT2D eigenvalue weighted by atomic mass is 10.2. The second-order valence-corrected chi connectivity index (χ2v) is 6.01. The lowest BCUT2D eigenvalue weighted by Gasteiger charge is -2.22. The molecule has 0 saturated heterocycles. The monoisotopic (exact) mass is 323 g/mol. The third-order valence-electron chi connectivity index (χ3n) is 3.47. The Morgan fingerprint density at radius 2 is 2.16 bits per heavy atom. The molecule has 4 heteroatoms. The third kappa shape index (κ3) is 4.53. The quantitative estimate of drug-likeness (QED) is 0.665. The highest BCUT2D eigenvalue weighted by atomic mass is 79.9. The second-order valence-electron chi connectivity index (χ2n) is 5.15. The van der Waals surface area contributed by atoms with Crippen LogP contribution in [0, 0.1) is 5.92 Å². The molecule has 1 aliphatic rings. The standard InChI is InChI=1S/C15H22BrN3/c1-17-15(18-10-9-12-7-8-12)19(2)11-13-5-3-4-6-14(13)16/h3-6,12H,7-11H2,1-2H3,(H,17,18). The van der Waals surface area contributed by atoms with Crippen LogP contribution in [0.25, 0.3) is 0 Å². The zero-order chi connectivity index (χ0) is 13.7. The van der Waals surface area contributed by atoms with Crippen molar-refractivity contribution in [1.29, 1.82) is 0 Å². The number of hydrogen-bond acceptors (Lipinski definition) is 1. The molecule has 1 N–H and O–H groups in total. The van der Waals surface area contributed by atoms with Crippen LogP contribution in [0.4, 0.5) is 0 Å². The molecule has 1 aromatic rings. The van der Waals surface area contributed by atoms with Crippen LogP contribution in [0.2, 0.25) is 0 Å². The lowest BCUT2D eigenvalue weighted by Crippen LogP contribution is -2.39. The fraction of sp³-hybridized carbons (Fsp3) is 0.533. The average Bonchev–Trinajstić information content (AvgIpc) is 3.21. The van der Waals surface area contributed by atoms with Crippen LogP contribution in [-0.4, -0.2) is 31.5 Å². The SMILES string of the molecule is CN=C(NCCC1CC1)N(C)Cc1ccccc1Br. The van der Waals surface area contributed by atoms with Gasteiger partial charge >= 0.3 is 0 Å². The third-order valence-corrected chi connectivity index (χ3v) is 4.24. The summed E-state index contributed by atoms with van der Waals surface area (Å²) in [6.07, 6.45) is 4.09. The summed E-state index contributed by atoms with van der Waals surface area (Å²) < 4.78 is 1.15. The van der Waals surface area contributed by atoms with E-state index >= 15 is 0 Å². The summed E-state index contributed by atoms with van der Waals surface area (Å²) in [4.78, 5) is 6.51. The highest BCUT2D eigenvalue weighted by molar-refractivity contribution is 9.10. The number of aliphatic imine (C=N–C) groups is 1. The maximum atomic E-state index is 4.35. The highest BCUT2D eigenvalue weighted by Gasteiger charge is 2.20. The normalized spacial score (nSPS) is 15.4. The van der Waals surface area contributed by atoms with Gasteiger partial charge in [-0.1, -0.05) is 47.0 Å². The van der Waals surface area contributed by atoms with E-state index in [0.717, 1.165) is 29.4 Å². The van der Waals surface area contributed by atoms with Crippen molar-refractivity contribution in [1.82, 2.24) is 10.2 Å². The Labute approximate surface area is 124 Å². The van der Waals surface area contributed by atoms with E-state index in [1.807, 2.05) is 13.1 Å². The lowest BCUT2D eigenvalue weighted by molar-refractivity contribution is 0.473. The maximum absolute atomic E-state index is 4.35. The van der Waals surface area contributed by atoms with E-state index in [9.17, 15) is 0 Å². The van der Waals surface area contributed by atoms with E-state index in [1.165, 1.54) is 24.8 Å². The van der Waals surface area contributed by atoms with E-state index in [1.54, 1.807) is 0 Å². The van der Waals surface area contributed by atoms with E-state index in [4.69, 9.17) is 0 Å². The molecule has 1 saturated carbocycles. The van der Waals surface area contributed by atoms with Crippen molar-refractivity contribution < 1.29 is 0 Å². The summed E-state index contributed by atoms with van der Waals surface area (Å²) in [6, 6.07) is 8.32. The molecule has 0 heterocycles. The van der Waals surface area contributed by atoms with Crippen LogP contribution < -0.4 is 5.32 Å². The summed E-state index contributed by atoms with van der Waals surface area (Å²) in [5.41, 5.74) is 1.27. The van der Waals surface area contributed by atoms with Crippen LogP contribution in [0.1, 0.15) is 24.8 Å². The molecule has 0 spiro atoms. The second kappa shape index (κ2) is 6.94. The topological polar surface area (TPSA) is 27.6 Å². The molecule has 0 aliphatic heterocycles. The van der Waals surface area contributed by atoms with Crippen molar-refractivity contribution in [2.24, 2.45) is 10.9 Å². The Morgan fingerprint density at radius 1 is 1.42 bits per heavy atom. The molecule has 3 nitrogen and oxygen atoms in total. The zero-order valence-electron chi connectivity index (χ0n) is 11.7. The molecule has 0 amide bonds. The van der Waals surface area contributed by atoms with E-state index in [0.29, 0.717) is 0 Å². The van der Waals surface area contributed by atoms with Gasteiger partial charge < -0.3 is 10.2 Å². The van der Waals surface area contributed by atoms with Crippen molar-refractivity contribution in [3.63, 3.8) is 0 Å². The number of nitrogens with one attached hydrogen (secondary N) is 1. The first-order valence-electron chi connectivity index (χ1n) is 6.86. The summed E-state index contributed by atoms with van der Waals surface area (Å²) in [5.74, 6) is 1.93. The molecule has 0 bridgehead atoms. The van der Waals surface area contributed by atoms with Gasteiger partial charge in [-0.25, -0.2) is 0 Å². The molecular weight excluding hydrogens is 302 g/mol. The maximum Gasteiger partial charge on any atom is 0.193 e. The molecule has 19 heavy (non-hydrogen) atoms. The molecule has 0 unspecified atom stereocenters. The predicted octanol–water partition coefficient (Wildman–Crippen LogP) is 3.26. The fourth-order valence-electron chi connectivity index (χ4n) is 2.14. The van der Waals surface area contributed by atoms with Gasteiger partial charge in [0.15, 0.2) is 5.96 Å². The number of guanidine groups is 1. The number of rotatable bonds is 5. The number of nitrogens with zero attached hydrogens (tertiary/aromatic N) is 2. The molecule has 0 radical (unpaired) electrons. The number of benzene rings is 1. The van der Waals surface area contributed by atoms with Gasteiger partial charge in [-0.05, 0) is 24.0 Å². The van der Waals surface area contributed by atoms with Crippen LogP contribution in [0.15, 0.2) is 33.7 Å². The van der Waals surface area contributed by atoms with E-state index < -0.39 is 0 Å². The minimum atomic E-state index is 0.852. The highest BCUT2D eigenvalue weighted by Crippen LogP contribution is 2.31. The summed E-state index contributed by atoms with van der Waals surface area (Å²) in [7, 11) is 3.92. The van der Waals surface area contributed by atoms with Crippen LogP contribution >= 0.6 is 15.9 Å². The Morgan fingerprint density at radius 3 is 2.79 bits per heavy atom. The molecule has 104 valence electrons. The molecular formula is C15H22BrN3. The molecule has 2 rings (SSSR count). The van der Waals surface area contributed by atoms with E-state index in [-0.39, 0.29) is 0 Å². The van der Waals surface area contributed by atoms with Crippen LogP contribution in [0.5, 0.6) is 0 Å². The molecule has 1 fully saturated rings. The first-order chi connectivity index (χ1) is 9.20. The fourth-order valence-corrected chi connectivity index (χ4v) is 2.55. The Bertz CT molecular complexity index is 441. The van der Waals surface area contributed by atoms with Gasteiger partial charge in [0.2, 0.25) is 0 Å². The number of halogens is 1. The predicted molar refractivity (Wildman–Crippen MR) is 84.3 cm³/mol. The summed E-state index contributed by atoms with van der Waals surface area (Å²) >= 11 is 3.59. The summed E-state index contributed by atoms with van der Waals surface area (Å²) in [5, 5.41) is 3.44. The van der Waals surface area contributed by atoms with Gasteiger partial charge in [0.05, 0.1) is 0 Å². The first kappa shape index (κ1) is 14.4.